The lowest BCUT2D eigenvalue weighted by molar-refractivity contribution is 0.251. The van der Waals surface area contributed by atoms with E-state index >= 15 is 0 Å². The van der Waals surface area contributed by atoms with Gasteiger partial charge < -0.3 is 19.7 Å². The zero-order valence-corrected chi connectivity index (χ0v) is 13.7. The topological polar surface area (TPSA) is 48.6 Å². The molecule has 23 heavy (non-hydrogen) atoms. The largest absolute Gasteiger partial charge is 0.463 e. The highest BCUT2D eigenvalue weighted by atomic mass is 32.2. The van der Waals surface area contributed by atoms with E-state index in [-0.39, 0.29) is 12.4 Å². The van der Waals surface area contributed by atoms with Crippen molar-refractivity contribution in [3.63, 3.8) is 0 Å². The van der Waals surface area contributed by atoms with E-state index < -0.39 is 5.76 Å². The highest BCUT2D eigenvalue weighted by molar-refractivity contribution is 7.98. The van der Waals surface area contributed by atoms with Crippen molar-refractivity contribution in [2.24, 2.45) is 0 Å². The number of likely N-dealkylation sites (N-methyl/N-ethyl adjacent to an activating group) is 1. The Labute approximate surface area is 138 Å². The van der Waals surface area contributed by atoms with Gasteiger partial charge in [-0.2, -0.15) is 8.78 Å². The lowest BCUT2D eigenvalue weighted by Crippen LogP contribution is -2.20. The minimum absolute atomic E-state index is 0.112. The number of anilines is 2. The molecule has 4 nitrogen and oxygen atoms in total. The molecule has 1 aromatic carbocycles. The molecule has 0 saturated carbocycles. The van der Waals surface area contributed by atoms with Gasteiger partial charge in [0, 0.05) is 25.0 Å². The van der Waals surface area contributed by atoms with Gasteiger partial charge in [-0.05, 0) is 36.4 Å². The second kappa shape index (κ2) is 8.79. The fourth-order valence-electron chi connectivity index (χ4n) is 2.04. The number of nitrogens with zero attached hydrogens (tertiary/aromatic N) is 1. The molecule has 2 N–H and O–H groups in total. The predicted octanol–water partition coefficient (Wildman–Crippen LogP) is 3.78. The van der Waals surface area contributed by atoms with Gasteiger partial charge in [0.05, 0.1) is 18.9 Å². The van der Waals surface area contributed by atoms with Gasteiger partial charge in [-0.15, -0.1) is 0 Å². The molecule has 0 aliphatic rings. The summed E-state index contributed by atoms with van der Waals surface area (Å²) in [6.45, 7) is 1.19. The van der Waals surface area contributed by atoms with Crippen LogP contribution in [0.25, 0.3) is 0 Å². The van der Waals surface area contributed by atoms with Crippen LogP contribution in [0.4, 0.5) is 20.2 Å². The van der Waals surface area contributed by atoms with Crippen molar-refractivity contribution in [1.82, 2.24) is 0 Å². The zero-order chi connectivity index (χ0) is 16.7. The summed E-state index contributed by atoms with van der Waals surface area (Å²) in [7, 11) is 1.92. The first kappa shape index (κ1) is 17.6. The molecule has 0 aliphatic carbocycles. The third-order valence-electron chi connectivity index (χ3n) is 3.28. The number of hydrogen-bond donors (Lipinski definition) is 2. The number of benzene rings is 1. The molecule has 126 valence electrons. The van der Waals surface area contributed by atoms with Crippen LogP contribution in [0.2, 0.25) is 0 Å². The summed E-state index contributed by atoms with van der Waals surface area (Å²) in [5.41, 5.74) is 1.96. The lowest BCUT2D eigenvalue weighted by atomic mass is 10.2. The maximum atomic E-state index is 12.1. The number of thioether (sulfide) groups is 1. The molecule has 1 aromatic heterocycles. The quantitative estimate of drug-likeness (QED) is 0.726. The molecule has 0 radical (unpaired) electrons. The van der Waals surface area contributed by atoms with Crippen molar-refractivity contribution in [3.05, 3.63) is 47.9 Å². The van der Waals surface area contributed by atoms with Crippen molar-refractivity contribution in [1.29, 1.82) is 0 Å². The maximum absolute atomic E-state index is 12.1. The van der Waals surface area contributed by atoms with Crippen LogP contribution in [0.3, 0.4) is 0 Å². The second-order valence-electron chi connectivity index (χ2n) is 4.99. The fraction of sp³-hybridized carbons (Fsp3) is 0.375. The van der Waals surface area contributed by atoms with Gasteiger partial charge in [0.2, 0.25) is 0 Å². The summed E-state index contributed by atoms with van der Waals surface area (Å²) >= 11 is 0.550. The predicted molar refractivity (Wildman–Crippen MR) is 90.1 cm³/mol. The van der Waals surface area contributed by atoms with E-state index in [0.29, 0.717) is 36.4 Å². The van der Waals surface area contributed by atoms with Crippen LogP contribution in [-0.2, 0) is 12.3 Å². The molecule has 1 heterocycles. The number of aliphatic hydroxyl groups is 1. The van der Waals surface area contributed by atoms with E-state index in [9.17, 15) is 8.78 Å². The lowest BCUT2D eigenvalue weighted by Gasteiger charge is -2.18. The summed E-state index contributed by atoms with van der Waals surface area (Å²) in [4.78, 5) is 1.96. The van der Waals surface area contributed by atoms with Crippen molar-refractivity contribution in [2.75, 3.05) is 30.4 Å². The van der Waals surface area contributed by atoms with E-state index in [1.54, 1.807) is 12.1 Å². The number of halogens is 2. The van der Waals surface area contributed by atoms with Gasteiger partial charge in [-0.1, -0.05) is 11.8 Å². The van der Waals surface area contributed by atoms with Crippen molar-refractivity contribution >= 4 is 23.1 Å². The molecule has 2 rings (SSSR count). The van der Waals surface area contributed by atoms with Crippen molar-refractivity contribution in [2.45, 2.75) is 18.1 Å². The highest BCUT2D eigenvalue weighted by Gasteiger charge is 2.07. The van der Waals surface area contributed by atoms with Gasteiger partial charge in [0.25, 0.3) is 5.76 Å². The number of alkyl halides is 2. The second-order valence-corrected chi connectivity index (χ2v) is 5.96. The number of hydrogen-bond acceptors (Lipinski definition) is 5. The minimum Gasteiger partial charge on any atom is -0.463 e. The Hall–Kier alpha value is -1.73. The molecule has 0 bridgehead atoms. The van der Waals surface area contributed by atoms with E-state index in [1.165, 1.54) is 0 Å². The molecular formula is C16H20F2N2O2S. The maximum Gasteiger partial charge on any atom is 0.284 e. The molecule has 0 spiro atoms. The average Bonchev–Trinajstić information content (AvgIpc) is 2.99. The van der Waals surface area contributed by atoms with Crippen LogP contribution in [-0.4, -0.2) is 31.1 Å². The third kappa shape index (κ3) is 5.76. The Morgan fingerprint density at radius 1 is 1.17 bits per heavy atom. The zero-order valence-electron chi connectivity index (χ0n) is 12.8. The monoisotopic (exact) mass is 342 g/mol. The van der Waals surface area contributed by atoms with Gasteiger partial charge >= 0.3 is 0 Å². The van der Waals surface area contributed by atoms with Gasteiger partial charge in [0.15, 0.2) is 0 Å². The molecule has 0 aliphatic heterocycles. The molecule has 0 fully saturated rings. The first-order valence-corrected chi connectivity index (χ1v) is 8.26. The van der Waals surface area contributed by atoms with E-state index in [4.69, 9.17) is 9.52 Å². The summed E-state index contributed by atoms with van der Waals surface area (Å²) < 4.78 is 29.7. The Morgan fingerprint density at radius 3 is 2.52 bits per heavy atom. The van der Waals surface area contributed by atoms with Crippen LogP contribution in [0, 0.1) is 0 Å². The fourth-order valence-corrected chi connectivity index (χ4v) is 2.49. The summed E-state index contributed by atoms with van der Waals surface area (Å²) in [5.74, 6) is -0.961. The summed E-state index contributed by atoms with van der Waals surface area (Å²) in [5, 5.41) is 12.1. The first-order valence-electron chi connectivity index (χ1n) is 7.22. The van der Waals surface area contributed by atoms with Crippen molar-refractivity contribution < 1.29 is 18.3 Å². The van der Waals surface area contributed by atoms with Crippen molar-refractivity contribution in [3.8, 4) is 0 Å². The van der Waals surface area contributed by atoms with E-state index in [0.717, 1.165) is 11.4 Å². The summed E-state index contributed by atoms with van der Waals surface area (Å²) in [6, 6.07) is 11.3. The number of rotatable bonds is 9. The van der Waals surface area contributed by atoms with E-state index in [2.05, 4.69) is 5.32 Å². The Balaban J connectivity index is 1.83. The highest BCUT2D eigenvalue weighted by Crippen LogP contribution is 2.22. The van der Waals surface area contributed by atoms with Gasteiger partial charge in [-0.3, -0.25) is 0 Å². The molecule has 2 aromatic rings. The molecule has 0 saturated heterocycles. The Morgan fingerprint density at radius 2 is 1.87 bits per heavy atom. The van der Waals surface area contributed by atoms with Crippen LogP contribution in [0.15, 0.2) is 40.8 Å². The SMILES string of the molecule is CN(CCO)c1ccc(NCc2ccc(CSC(F)F)o2)cc1. The molecule has 0 amide bonds. The number of nitrogens with one attached hydrogen (secondary N) is 1. The first-order chi connectivity index (χ1) is 11.1. The Bertz CT molecular complexity index is 590. The van der Waals surface area contributed by atoms with Gasteiger partial charge in [-0.25, -0.2) is 0 Å². The van der Waals surface area contributed by atoms with Gasteiger partial charge in [0.1, 0.15) is 11.5 Å². The minimum atomic E-state index is -2.39. The molecular weight excluding hydrogens is 322 g/mol. The number of aliphatic hydroxyl groups excluding tert-OH is 1. The average molecular weight is 342 g/mol. The normalized spacial score (nSPS) is 11.0. The van der Waals surface area contributed by atoms with E-state index in [1.807, 2.05) is 36.2 Å². The van der Waals surface area contributed by atoms with Crippen LogP contribution < -0.4 is 10.2 Å². The standard InChI is InChI=1S/C16H20F2N2O2S/c1-20(8-9-21)13-4-2-12(3-5-13)19-10-14-6-7-15(22-14)11-23-16(17)18/h2-7,16,19,21H,8-11H2,1H3. The number of furan rings is 1. The van der Waals surface area contributed by atoms with Crippen LogP contribution in [0.5, 0.6) is 0 Å². The summed E-state index contributed by atoms with van der Waals surface area (Å²) in [6.07, 6.45) is 0. The smallest absolute Gasteiger partial charge is 0.284 e. The molecule has 0 atom stereocenters. The van der Waals surface area contributed by atoms with Crippen LogP contribution >= 0.6 is 11.8 Å². The molecule has 0 unspecified atom stereocenters. The molecule has 7 heteroatoms. The van der Waals surface area contributed by atoms with Crippen LogP contribution in [0.1, 0.15) is 11.5 Å². The Kier molecular flexibility index (Phi) is 6.73. The third-order valence-corrected chi connectivity index (χ3v) is 3.98.